The van der Waals surface area contributed by atoms with Crippen LogP contribution in [0.15, 0.2) is 12.1 Å². The Labute approximate surface area is 108 Å². The number of alkyl halides is 1. The number of hydrogen-bond donors (Lipinski definition) is 0. The molecule has 0 amide bonds. The number of rotatable bonds is 7. The summed E-state index contributed by atoms with van der Waals surface area (Å²) >= 11 is 5.88. The Balaban J connectivity index is 1.94. The lowest BCUT2D eigenvalue weighted by molar-refractivity contribution is 0.290. The molecular formula is C14H20ClNO. The van der Waals surface area contributed by atoms with Gasteiger partial charge >= 0.3 is 0 Å². The standard InChI is InChI=1S/C14H20ClNO/c1-2-3-13-8-12(10-15)9-14(16-13)17-7-6-11-4-5-11/h8-9,11H,2-7,10H2,1H3. The van der Waals surface area contributed by atoms with E-state index in [0.29, 0.717) is 5.88 Å². The lowest BCUT2D eigenvalue weighted by Crippen LogP contribution is -2.02. The van der Waals surface area contributed by atoms with E-state index in [0.717, 1.165) is 48.9 Å². The molecule has 1 aromatic heterocycles. The van der Waals surface area contributed by atoms with E-state index in [4.69, 9.17) is 16.3 Å². The van der Waals surface area contributed by atoms with Gasteiger partial charge in [-0.05, 0) is 30.4 Å². The van der Waals surface area contributed by atoms with Crippen molar-refractivity contribution in [2.24, 2.45) is 5.92 Å². The third-order valence-corrected chi connectivity index (χ3v) is 3.36. The van der Waals surface area contributed by atoms with Crippen LogP contribution in [0.4, 0.5) is 0 Å². The highest BCUT2D eigenvalue weighted by Gasteiger charge is 2.20. The van der Waals surface area contributed by atoms with E-state index in [9.17, 15) is 0 Å². The molecule has 1 aromatic rings. The van der Waals surface area contributed by atoms with Gasteiger partial charge in [-0.25, -0.2) is 4.98 Å². The fourth-order valence-corrected chi connectivity index (χ4v) is 2.05. The van der Waals surface area contributed by atoms with Crippen LogP contribution < -0.4 is 4.74 Å². The molecule has 17 heavy (non-hydrogen) atoms. The van der Waals surface area contributed by atoms with Crippen LogP contribution in [0.1, 0.15) is 43.9 Å². The summed E-state index contributed by atoms with van der Waals surface area (Å²) in [6.07, 6.45) is 6.00. The second kappa shape index (κ2) is 6.25. The van der Waals surface area contributed by atoms with Gasteiger partial charge in [0.25, 0.3) is 0 Å². The van der Waals surface area contributed by atoms with Crippen LogP contribution in [0.3, 0.4) is 0 Å². The Kier molecular flexibility index (Phi) is 4.66. The Morgan fingerprint density at radius 2 is 2.24 bits per heavy atom. The van der Waals surface area contributed by atoms with Gasteiger partial charge < -0.3 is 4.74 Å². The van der Waals surface area contributed by atoms with Crippen LogP contribution >= 0.6 is 11.6 Å². The number of aryl methyl sites for hydroxylation is 1. The van der Waals surface area contributed by atoms with Crippen molar-refractivity contribution in [1.29, 1.82) is 0 Å². The van der Waals surface area contributed by atoms with Crippen LogP contribution in [0.2, 0.25) is 0 Å². The SMILES string of the molecule is CCCc1cc(CCl)cc(OCCC2CC2)n1. The van der Waals surface area contributed by atoms with Crippen molar-refractivity contribution in [3.63, 3.8) is 0 Å². The molecule has 0 saturated heterocycles. The van der Waals surface area contributed by atoms with Gasteiger partial charge in [-0.15, -0.1) is 11.6 Å². The van der Waals surface area contributed by atoms with Gasteiger partial charge in [0.05, 0.1) is 6.61 Å². The van der Waals surface area contributed by atoms with Crippen LogP contribution in [0.5, 0.6) is 5.88 Å². The van der Waals surface area contributed by atoms with Crippen molar-refractivity contribution >= 4 is 11.6 Å². The molecule has 0 spiro atoms. The molecule has 0 bridgehead atoms. The van der Waals surface area contributed by atoms with Crippen molar-refractivity contribution in [3.05, 3.63) is 23.4 Å². The van der Waals surface area contributed by atoms with Crippen LogP contribution in [0.25, 0.3) is 0 Å². The topological polar surface area (TPSA) is 22.1 Å². The molecule has 0 atom stereocenters. The maximum absolute atomic E-state index is 5.88. The second-order valence-corrected chi connectivity index (χ2v) is 5.04. The Bertz CT molecular complexity index is 363. The first-order chi connectivity index (χ1) is 8.31. The van der Waals surface area contributed by atoms with Gasteiger partial charge in [0.1, 0.15) is 0 Å². The summed E-state index contributed by atoms with van der Waals surface area (Å²) in [6.45, 7) is 2.94. The molecule has 3 heteroatoms. The fraction of sp³-hybridized carbons (Fsp3) is 0.643. The summed E-state index contributed by atoms with van der Waals surface area (Å²) in [7, 11) is 0. The minimum atomic E-state index is 0.526. The van der Waals surface area contributed by atoms with Gasteiger partial charge in [0, 0.05) is 17.6 Å². The molecule has 1 saturated carbocycles. The predicted molar refractivity (Wildman–Crippen MR) is 70.6 cm³/mol. The van der Waals surface area contributed by atoms with Crippen LogP contribution in [-0.4, -0.2) is 11.6 Å². The zero-order valence-electron chi connectivity index (χ0n) is 10.4. The average molecular weight is 254 g/mol. The summed E-state index contributed by atoms with van der Waals surface area (Å²) in [5.74, 6) is 2.17. The molecule has 0 aromatic carbocycles. The minimum Gasteiger partial charge on any atom is -0.478 e. The maximum Gasteiger partial charge on any atom is 0.213 e. The first kappa shape index (κ1) is 12.7. The van der Waals surface area contributed by atoms with E-state index in [-0.39, 0.29) is 0 Å². The summed E-state index contributed by atoms with van der Waals surface area (Å²) in [5.41, 5.74) is 2.19. The summed E-state index contributed by atoms with van der Waals surface area (Å²) in [4.78, 5) is 4.51. The second-order valence-electron chi connectivity index (χ2n) is 4.77. The highest BCUT2D eigenvalue weighted by molar-refractivity contribution is 6.17. The molecule has 1 aliphatic carbocycles. The predicted octanol–water partition coefficient (Wildman–Crippen LogP) is 3.95. The largest absolute Gasteiger partial charge is 0.478 e. The summed E-state index contributed by atoms with van der Waals surface area (Å²) < 4.78 is 5.72. The molecular weight excluding hydrogens is 234 g/mol. The fourth-order valence-electron chi connectivity index (χ4n) is 1.89. The zero-order chi connectivity index (χ0) is 12.1. The molecule has 2 nitrogen and oxygen atoms in total. The van der Waals surface area contributed by atoms with Crippen LogP contribution in [0, 0.1) is 5.92 Å². The lowest BCUT2D eigenvalue weighted by Gasteiger charge is -2.08. The molecule has 0 radical (unpaired) electrons. The van der Waals surface area contributed by atoms with Gasteiger partial charge in [0.15, 0.2) is 0 Å². The van der Waals surface area contributed by atoms with Crippen molar-refractivity contribution in [2.75, 3.05) is 6.61 Å². The molecule has 0 N–H and O–H groups in total. The monoisotopic (exact) mass is 253 g/mol. The van der Waals surface area contributed by atoms with Crippen molar-refractivity contribution < 1.29 is 4.74 Å². The third kappa shape index (κ3) is 4.19. The molecule has 2 rings (SSSR count). The Morgan fingerprint density at radius 1 is 1.41 bits per heavy atom. The number of aromatic nitrogens is 1. The van der Waals surface area contributed by atoms with E-state index >= 15 is 0 Å². The Morgan fingerprint density at radius 3 is 2.88 bits per heavy atom. The molecule has 1 fully saturated rings. The summed E-state index contributed by atoms with van der Waals surface area (Å²) in [5, 5.41) is 0. The normalized spacial score (nSPS) is 14.9. The third-order valence-electron chi connectivity index (χ3n) is 3.05. The quantitative estimate of drug-likeness (QED) is 0.687. The van der Waals surface area contributed by atoms with Crippen molar-refractivity contribution in [1.82, 2.24) is 4.98 Å². The number of nitrogens with zero attached hydrogens (tertiary/aromatic N) is 1. The summed E-state index contributed by atoms with van der Waals surface area (Å²) in [6, 6.07) is 4.03. The smallest absolute Gasteiger partial charge is 0.213 e. The molecule has 0 aliphatic heterocycles. The van der Waals surface area contributed by atoms with Crippen molar-refractivity contribution in [3.8, 4) is 5.88 Å². The zero-order valence-corrected chi connectivity index (χ0v) is 11.2. The highest BCUT2D eigenvalue weighted by Crippen LogP contribution is 2.32. The first-order valence-electron chi connectivity index (χ1n) is 6.50. The lowest BCUT2D eigenvalue weighted by atomic mass is 10.2. The number of ether oxygens (including phenoxy) is 1. The van der Waals surface area contributed by atoms with E-state index in [1.165, 1.54) is 12.8 Å². The van der Waals surface area contributed by atoms with Crippen LogP contribution in [-0.2, 0) is 12.3 Å². The molecule has 1 aliphatic rings. The average Bonchev–Trinajstić information content (AvgIpc) is 3.13. The van der Waals surface area contributed by atoms with Gasteiger partial charge in [-0.1, -0.05) is 26.2 Å². The van der Waals surface area contributed by atoms with Gasteiger partial charge in [-0.2, -0.15) is 0 Å². The highest BCUT2D eigenvalue weighted by atomic mass is 35.5. The number of halogens is 1. The van der Waals surface area contributed by atoms with E-state index < -0.39 is 0 Å². The first-order valence-corrected chi connectivity index (χ1v) is 7.04. The number of hydrogen-bond acceptors (Lipinski definition) is 2. The number of pyridine rings is 1. The van der Waals surface area contributed by atoms with Gasteiger partial charge in [0.2, 0.25) is 5.88 Å². The molecule has 94 valence electrons. The van der Waals surface area contributed by atoms with Crippen molar-refractivity contribution in [2.45, 2.75) is 44.9 Å². The maximum atomic E-state index is 5.88. The Hall–Kier alpha value is -0.760. The van der Waals surface area contributed by atoms with E-state index in [1.807, 2.05) is 6.07 Å². The minimum absolute atomic E-state index is 0.526. The van der Waals surface area contributed by atoms with Gasteiger partial charge in [-0.3, -0.25) is 0 Å². The molecule has 0 unspecified atom stereocenters. The van der Waals surface area contributed by atoms with E-state index in [2.05, 4.69) is 18.0 Å². The molecule has 1 heterocycles. The van der Waals surface area contributed by atoms with E-state index in [1.54, 1.807) is 0 Å².